The van der Waals surface area contributed by atoms with Crippen LogP contribution in [0.2, 0.25) is 5.02 Å². The van der Waals surface area contributed by atoms with Gasteiger partial charge in [0.05, 0.1) is 34.1 Å². The molecule has 5 rings (SSSR count). The molecular weight excluding hydrogens is 398 g/mol. The minimum Gasteiger partial charge on any atom is -0.310 e. The minimum absolute atomic E-state index is 0.715. The highest BCUT2D eigenvalue weighted by molar-refractivity contribution is 6.36. The van der Waals surface area contributed by atoms with E-state index in [9.17, 15) is 0 Å². The summed E-state index contributed by atoms with van der Waals surface area (Å²) in [6.07, 6.45) is 3.70. The van der Waals surface area contributed by atoms with Crippen LogP contribution in [-0.4, -0.2) is 36.4 Å². The van der Waals surface area contributed by atoms with E-state index in [0.29, 0.717) is 5.02 Å². The van der Waals surface area contributed by atoms with Crippen molar-refractivity contribution in [2.24, 2.45) is 7.05 Å². The van der Waals surface area contributed by atoms with Crippen LogP contribution in [0.1, 0.15) is 18.2 Å². The third-order valence-corrected chi connectivity index (χ3v) is 6.05. The highest BCUT2D eigenvalue weighted by Gasteiger charge is 2.24. The molecule has 0 unspecified atom stereocenters. The molecule has 7 nitrogen and oxygen atoms in total. The Morgan fingerprint density at radius 2 is 1.97 bits per heavy atom. The first kappa shape index (κ1) is 18.7. The fourth-order valence-electron chi connectivity index (χ4n) is 4.06. The van der Waals surface area contributed by atoms with E-state index in [1.165, 1.54) is 0 Å². The van der Waals surface area contributed by atoms with Gasteiger partial charge in [-0.3, -0.25) is 9.78 Å². The number of aromatic nitrogens is 6. The van der Waals surface area contributed by atoms with Crippen LogP contribution in [-0.2, 0) is 7.05 Å². The summed E-state index contributed by atoms with van der Waals surface area (Å²) in [7, 11) is 1.94. The smallest absolute Gasteiger partial charge is 0.103 e. The van der Waals surface area contributed by atoms with Crippen molar-refractivity contribution in [3.05, 3.63) is 52.9 Å². The Hall–Kier alpha value is -3.32. The van der Waals surface area contributed by atoms with E-state index >= 15 is 0 Å². The number of hydrogen-bond donors (Lipinski definition) is 2. The third-order valence-electron chi connectivity index (χ3n) is 5.56. The SMILES string of the molecule is CCNn1nc(-c2ccc3c(cnn3C)c2)c(-c2c(Cl)c(C)cc3[nH]ncc23)c1C. The Bertz CT molecular complexity index is 1410. The molecule has 0 spiro atoms. The monoisotopic (exact) mass is 419 g/mol. The predicted molar refractivity (Wildman–Crippen MR) is 121 cm³/mol. The van der Waals surface area contributed by atoms with Gasteiger partial charge in [0, 0.05) is 41.1 Å². The number of nitrogens with one attached hydrogen (secondary N) is 2. The molecule has 152 valence electrons. The summed E-state index contributed by atoms with van der Waals surface area (Å²) in [5, 5.41) is 19.4. The number of aromatic amines is 1. The second kappa shape index (κ2) is 6.88. The average Bonchev–Trinajstić information content (AvgIpc) is 3.42. The summed E-state index contributed by atoms with van der Waals surface area (Å²) < 4.78 is 1.87. The van der Waals surface area contributed by atoms with Gasteiger partial charge in [-0.2, -0.15) is 20.1 Å². The lowest BCUT2D eigenvalue weighted by Gasteiger charge is -2.11. The van der Waals surface area contributed by atoms with Gasteiger partial charge in [0.15, 0.2) is 0 Å². The zero-order chi connectivity index (χ0) is 21.0. The largest absolute Gasteiger partial charge is 0.310 e. The summed E-state index contributed by atoms with van der Waals surface area (Å²) in [5.74, 6) is 0. The fraction of sp³-hybridized carbons (Fsp3) is 0.227. The van der Waals surface area contributed by atoms with Crippen LogP contribution >= 0.6 is 11.6 Å². The number of hydrogen-bond acceptors (Lipinski definition) is 4. The number of benzene rings is 2. The molecule has 0 saturated carbocycles. The molecule has 5 aromatic rings. The number of fused-ring (bicyclic) bond motifs is 2. The van der Waals surface area contributed by atoms with E-state index < -0.39 is 0 Å². The van der Waals surface area contributed by atoms with E-state index in [2.05, 4.69) is 52.8 Å². The molecule has 8 heteroatoms. The Labute approximate surface area is 178 Å². The zero-order valence-electron chi connectivity index (χ0n) is 17.3. The lowest BCUT2D eigenvalue weighted by Crippen LogP contribution is -2.16. The molecule has 0 saturated heterocycles. The maximum absolute atomic E-state index is 6.87. The maximum Gasteiger partial charge on any atom is 0.103 e. The van der Waals surface area contributed by atoms with Crippen molar-refractivity contribution < 1.29 is 0 Å². The summed E-state index contributed by atoms with van der Waals surface area (Å²) >= 11 is 6.87. The van der Waals surface area contributed by atoms with Gasteiger partial charge < -0.3 is 5.43 Å². The first-order valence-corrected chi connectivity index (χ1v) is 10.3. The molecule has 2 N–H and O–H groups in total. The van der Waals surface area contributed by atoms with Crippen molar-refractivity contribution in [2.45, 2.75) is 20.8 Å². The molecule has 0 bridgehead atoms. The van der Waals surface area contributed by atoms with Crippen LogP contribution in [0.5, 0.6) is 0 Å². The van der Waals surface area contributed by atoms with E-state index in [1.54, 1.807) is 0 Å². The quantitative estimate of drug-likeness (QED) is 0.438. The van der Waals surface area contributed by atoms with E-state index in [1.807, 2.05) is 41.9 Å². The molecule has 3 aromatic heterocycles. The van der Waals surface area contributed by atoms with Gasteiger partial charge in [0.2, 0.25) is 0 Å². The van der Waals surface area contributed by atoms with Crippen molar-refractivity contribution in [1.29, 1.82) is 0 Å². The first-order valence-electron chi connectivity index (χ1n) is 9.87. The molecule has 3 heterocycles. The average molecular weight is 420 g/mol. The summed E-state index contributed by atoms with van der Waals surface area (Å²) in [6, 6.07) is 8.32. The van der Waals surface area contributed by atoms with Gasteiger partial charge in [-0.1, -0.05) is 17.7 Å². The van der Waals surface area contributed by atoms with Crippen LogP contribution in [0.25, 0.3) is 44.2 Å². The van der Waals surface area contributed by atoms with E-state index in [0.717, 1.165) is 62.0 Å². The molecule has 0 aliphatic rings. The molecule has 0 amide bonds. The zero-order valence-corrected chi connectivity index (χ0v) is 18.0. The maximum atomic E-state index is 6.87. The first-order chi connectivity index (χ1) is 14.5. The van der Waals surface area contributed by atoms with Gasteiger partial charge in [-0.05, 0) is 44.5 Å². The Morgan fingerprint density at radius 1 is 1.13 bits per heavy atom. The van der Waals surface area contributed by atoms with Crippen molar-refractivity contribution in [1.82, 2.24) is 29.9 Å². The standard InChI is InChI=1S/C22H22ClN7/c1-5-25-30-13(3)19(20-16-11-24-27-17(16)8-12(2)21(20)23)22(28-30)14-6-7-18-15(9-14)10-26-29(18)4/h6-11,25H,5H2,1-4H3,(H,24,27). The molecule has 0 aliphatic heterocycles. The van der Waals surface area contributed by atoms with Gasteiger partial charge in [0.25, 0.3) is 0 Å². The molecule has 0 aliphatic carbocycles. The molecule has 30 heavy (non-hydrogen) atoms. The summed E-state index contributed by atoms with van der Waals surface area (Å²) in [4.78, 5) is 1.84. The van der Waals surface area contributed by atoms with Crippen molar-refractivity contribution in [3.8, 4) is 22.4 Å². The van der Waals surface area contributed by atoms with Crippen LogP contribution in [0.4, 0.5) is 0 Å². The number of H-pyrrole nitrogens is 1. The third kappa shape index (κ3) is 2.69. The van der Waals surface area contributed by atoms with Crippen molar-refractivity contribution in [2.75, 3.05) is 12.0 Å². The number of nitrogens with zero attached hydrogens (tertiary/aromatic N) is 5. The van der Waals surface area contributed by atoms with Crippen LogP contribution < -0.4 is 5.43 Å². The molecular formula is C22H22ClN7. The molecule has 0 radical (unpaired) electrons. The Balaban J connectivity index is 1.84. The number of rotatable bonds is 4. The fourth-order valence-corrected chi connectivity index (χ4v) is 4.31. The van der Waals surface area contributed by atoms with Gasteiger partial charge in [-0.25, -0.2) is 0 Å². The van der Waals surface area contributed by atoms with E-state index in [4.69, 9.17) is 16.7 Å². The Morgan fingerprint density at radius 3 is 2.77 bits per heavy atom. The second-order valence-corrected chi connectivity index (χ2v) is 7.87. The van der Waals surface area contributed by atoms with Crippen LogP contribution in [0.3, 0.4) is 0 Å². The van der Waals surface area contributed by atoms with Gasteiger partial charge >= 0.3 is 0 Å². The molecule has 0 fully saturated rings. The molecule has 0 atom stereocenters. The highest BCUT2D eigenvalue weighted by Crippen LogP contribution is 2.43. The van der Waals surface area contributed by atoms with Gasteiger partial charge in [0.1, 0.15) is 5.69 Å². The van der Waals surface area contributed by atoms with Crippen LogP contribution in [0, 0.1) is 13.8 Å². The molecule has 2 aromatic carbocycles. The lowest BCUT2D eigenvalue weighted by atomic mass is 9.94. The van der Waals surface area contributed by atoms with E-state index in [-0.39, 0.29) is 0 Å². The minimum atomic E-state index is 0.715. The number of aryl methyl sites for hydroxylation is 2. The lowest BCUT2D eigenvalue weighted by molar-refractivity contribution is 0.726. The summed E-state index contributed by atoms with van der Waals surface area (Å²) in [5.41, 5.74) is 11.2. The normalized spacial score (nSPS) is 11.6. The van der Waals surface area contributed by atoms with Gasteiger partial charge in [-0.15, -0.1) is 0 Å². The topological polar surface area (TPSA) is 76.3 Å². The van der Waals surface area contributed by atoms with Crippen molar-refractivity contribution >= 4 is 33.4 Å². The van der Waals surface area contributed by atoms with Crippen molar-refractivity contribution in [3.63, 3.8) is 0 Å². The summed E-state index contributed by atoms with van der Waals surface area (Å²) in [6.45, 7) is 6.88. The predicted octanol–water partition coefficient (Wildman–Crippen LogP) is 4.81. The Kier molecular flexibility index (Phi) is 4.29. The number of halogens is 1. The highest BCUT2D eigenvalue weighted by atomic mass is 35.5. The van der Waals surface area contributed by atoms with Crippen LogP contribution in [0.15, 0.2) is 36.7 Å². The second-order valence-electron chi connectivity index (χ2n) is 7.49.